The van der Waals surface area contributed by atoms with Crippen molar-refractivity contribution in [2.45, 2.75) is 44.8 Å². The van der Waals surface area contributed by atoms with Gasteiger partial charge in [-0.3, -0.25) is 0 Å². The minimum absolute atomic E-state index is 0.251. The Morgan fingerprint density at radius 2 is 1.65 bits per heavy atom. The average Bonchev–Trinajstić information content (AvgIpc) is 2.45. The van der Waals surface area contributed by atoms with E-state index >= 15 is 0 Å². The zero-order chi connectivity index (χ0) is 14.5. The number of halogens is 1. The molecule has 0 N–H and O–H groups in total. The van der Waals surface area contributed by atoms with E-state index in [0.29, 0.717) is 13.2 Å². The molecule has 0 bridgehead atoms. The Hall–Kier alpha value is -0.905. The predicted octanol–water partition coefficient (Wildman–Crippen LogP) is 2.24. The largest absolute Gasteiger partial charge is 0.494 e. The average molecular weight is 278 g/mol. The molecule has 3 nitrogen and oxygen atoms in total. The lowest BCUT2D eigenvalue weighted by Crippen LogP contribution is -2.41. The van der Waals surface area contributed by atoms with Crippen LogP contribution in [0.25, 0.3) is 0 Å². The van der Waals surface area contributed by atoms with E-state index < -0.39 is 18.3 Å². The number of hydrogen-bond acceptors (Lipinski definition) is 3. The molecule has 0 atom stereocenters. The Morgan fingerprint density at radius 1 is 1.05 bits per heavy atom. The lowest BCUT2D eigenvalue weighted by Gasteiger charge is -2.32. The van der Waals surface area contributed by atoms with Gasteiger partial charge in [0, 0.05) is 5.92 Å². The van der Waals surface area contributed by atoms with Crippen LogP contribution in [0.4, 0.5) is 4.39 Å². The van der Waals surface area contributed by atoms with Crippen molar-refractivity contribution < 1.29 is 18.4 Å². The third kappa shape index (κ3) is 2.28. The molecule has 1 aromatic carbocycles. The van der Waals surface area contributed by atoms with Crippen LogP contribution in [-0.2, 0) is 14.0 Å². The van der Waals surface area contributed by atoms with Gasteiger partial charge in [-0.05, 0) is 50.9 Å². The highest BCUT2D eigenvalue weighted by molar-refractivity contribution is 6.62. The molecule has 0 unspecified atom stereocenters. The van der Waals surface area contributed by atoms with E-state index in [1.54, 1.807) is 6.07 Å². The first-order valence-electron chi connectivity index (χ1n) is 7.02. The van der Waals surface area contributed by atoms with Crippen molar-refractivity contribution in [1.82, 2.24) is 0 Å². The summed E-state index contributed by atoms with van der Waals surface area (Å²) in [6.07, 6.45) is 0. The molecule has 0 spiro atoms. The van der Waals surface area contributed by atoms with Crippen LogP contribution >= 0.6 is 0 Å². The van der Waals surface area contributed by atoms with Crippen LogP contribution in [0.3, 0.4) is 0 Å². The topological polar surface area (TPSA) is 27.7 Å². The fourth-order valence-electron chi connectivity index (χ4n) is 2.41. The van der Waals surface area contributed by atoms with Crippen molar-refractivity contribution in [1.29, 1.82) is 0 Å². The first-order chi connectivity index (χ1) is 9.28. The minimum atomic E-state index is -0.518. The summed E-state index contributed by atoms with van der Waals surface area (Å²) < 4.78 is 31.0. The van der Waals surface area contributed by atoms with Gasteiger partial charge in [0.25, 0.3) is 0 Å². The van der Waals surface area contributed by atoms with Crippen molar-refractivity contribution in [2.75, 3.05) is 13.2 Å². The smallest absolute Gasteiger partial charge is 0.399 e. The molecular formula is C15H20BFO3. The van der Waals surface area contributed by atoms with E-state index in [1.165, 1.54) is 6.07 Å². The fraction of sp³-hybridized carbons (Fsp3) is 0.600. The van der Waals surface area contributed by atoms with Crippen molar-refractivity contribution in [3.63, 3.8) is 0 Å². The Bertz CT molecular complexity index is 510. The van der Waals surface area contributed by atoms with Crippen LogP contribution in [0, 0.1) is 5.82 Å². The van der Waals surface area contributed by atoms with E-state index in [4.69, 9.17) is 14.0 Å². The van der Waals surface area contributed by atoms with Gasteiger partial charge in [0.1, 0.15) is 5.82 Å². The monoisotopic (exact) mass is 278 g/mol. The molecule has 0 amide bonds. The molecular weight excluding hydrogens is 258 g/mol. The molecule has 2 heterocycles. The van der Waals surface area contributed by atoms with Crippen molar-refractivity contribution >= 4 is 12.6 Å². The highest BCUT2D eigenvalue weighted by atomic mass is 19.1. The second kappa shape index (κ2) is 4.55. The molecule has 0 radical (unpaired) electrons. The van der Waals surface area contributed by atoms with Crippen molar-refractivity contribution in [3.8, 4) is 0 Å². The standard InChI is InChI=1S/C15H20BFO3/c1-14(2)15(3,4)20-16(19-14)12-5-10(6-13(17)7-12)11-8-18-9-11/h5-7,11H,8-9H2,1-4H3. The molecule has 3 rings (SSSR count). The van der Waals surface area contributed by atoms with E-state index in [9.17, 15) is 4.39 Å². The number of ether oxygens (including phenoxy) is 1. The lowest BCUT2D eigenvalue weighted by atomic mass is 9.77. The van der Waals surface area contributed by atoms with Crippen LogP contribution in [0.15, 0.2) is 18.2 Å². The molecule has 20 heavy (non-hydrogen) atoms. The van der Waals surface area contributed by atoms with Gasteiger partial charge in [-0.15, -0.1) is 0 Å². The highest BCUT2D eigenvalue weighted by Crippen LogP contribution is 2.36. The van der Waals surface area contributed by atoms with Crippen LogP contribution < -0.4 is 5.46 Å². The van der Waals surface area contributed by atoms with Gasteiger partial charge in [-0.2, -0.15) is 0 Å². The summed E-state index contributed by atoms with van der Waals surface area (Å²) in [5, 5.41) is 0. The van der Waals surface area contributed by atoms with Gasteiger partial charge in [-0.1, -0.05) is 6.07 Å². The summed E-state index contributed by atoms with van der Waals surface area (Å²) in [6.45, 7) is 9.29. The molecule has 2 aliphatic heterocycles. The fourth-order valence-corrected chi connectivity index (χ4v) is 2.41. The maximum atomic E-state index is 13.8. The first kappa shape index (κ1) is 14.0. The lowest BCUT2D eigenvalue weighted by molar-refractivity contribution is 0.00578. The van der Waals surface area contributed by atoms with Crippen LogP contribution in [0.2, 0.25) is 0 Å². The van der Waals surface area contributed by atoms with E-state index in [2.05, 4.69) is 0 Å². The Balaban J connectivity index is 1.89. The summed E-state index contributed by atoms with van der Waals surface area (Å²) in [5.74, 6) is 0.0333. The number of benzene rings is 1. The maximum Gasteiger partial charge on any atom is 0.494 e. The van der Waals surface area contributed by atoms with Gasteiger partial charge in [-0.25, -0.2) is 4.39 Å². The first-order valence-corrected chi connectivity index (χ1v) is 7.02. The summed E-state index contributed by atoms with van der Waals surface area (Å²) in [4.78, 5) is 0. The van der Waals surface area contributed by atoms with E-state index in [-0.39, 0.29) is 11.7 Å². The molecule has 2 aliphatic rings. The summed E-state index contributed by atoms with van der Waals surface area (Å²) >= 11 is 0. The zero-order valence-corrected chi connectivity index (χ0v) is 12.4. The molecule has 0 aromatic heterocycles. The summed E-state index contributed by atoms with van der Waals surface area (Å²) in [6, 6.07) is 5.03. The van der Waals surface area contributed by atoms with Crippen LogP contribution in [0.1, 0.15) is 39.2 Å². The Labute approximate surface area is 119 Å². The zero-order valence-electron chi connectivity index (χ0n) is 12.4. The van der Waals surface area contributed by atoms with Gasteiger partial charge in [0.15, 0.2) is 0 Å². The summed E-state index contributed by atoms with van der Waals surface area (Å²) in [7, 11) is -0.518. The third-order valence-corrected chi connectivity index (χ3v) is 4.58. The van der Waals surface area contributed by atoms with Crippen molar-refractivity contribution in [2.24, 2.45) is 0 Å². The second-order valence-electron chi connectivity index (χ2n) is 6.64. The molecule has 108 valence electrons. The Kier molecular flexibility index (Phi) is 3.20. The molecule has 1 aromatic rings. The molecule has 5 heteroatoms. The normalized spacial score (nSPS) is 24.8. The summed E-state index contributed by atoms with van der Waals surface area (Å²) in [5.41, 5.74) is 0.875. The minimum Gasteiger partial charge on any atom is -0.399 e. The third-order valence-electron chi connectivity index (χ3n) is 4.58. The Morgan fingerprint density at radius 3 is 2.15 bits per heavy atom. The highest BCUT2D eigenvalue weighted by Gasteiger charge is 2.51. The number of rotatable bonds is 2. The van der Waals surface area contributed by atoms with Gasteiger partial charge in [0.05, 0.1) is 24.4 Å². The van der Waals surface area contributed by atoms with Crippen LogP contribution in [-0.4, -0.2) is 31.5 Å². The molecule has 0 aliphatic carbocycles. The second-order valence-corrected chi connectivity index (χ2v) is 6.64. The van der Waals surface area contributed by atoms with Gasteiger partial charge in [0.2, 0.25) is 0 Å². The number of hydrogen-bond donors (Lipinski definition) is 0. The maximum absolute atomic E-state index is 13.8. The molecule has 0 saturated carbocycles. The molecule has 2 fully saturated rings. The van der Waals surface area contributed by atoms with Gasteiger partial charge < -0.3 is 14.0 Å². The quantitative estimate of drug-likeness (QED) is 0.776. The predicted molar refractivity (Wildman–Crippen MR) is 75.7 cm³/mol. The van der Waals surface area contributed by atoms with Gasteiger partial charge >= 0.3 is 7.12 Å². The molecule has 2 saturated heterocycles. The SMILES string of the molecule is CC1(C)OB(c2cc(F)cc(C3COC3)c2)OC1(C)C. The van der Waals surface area contributed by atoms with Crippen LogP contribution in [0.5, 0.6) is 0 Å². The van der Waals surface area contributed by atoms with Crippen molar-refractivity contribution in [3.05, 3.63) is 29.6 Å². The van der Waals surface area contributed by atoms with E-state index in [1.807, 2.05) is 33.8 Å². The van der Waals surface area contributed by atoms with E-state index in [0.717, 1.165) is 11.0 Å².